The highest BCUT2D eigenvalue weighted by molar-refractivity contribution is 5.05. The van der Waals surface area contributed by atoms with Crippen LogP contribution in [0.3, 0.4) is 0 Å². The van der Waals surface area contributed by atoms with Crippen LogP contribution in [0.1, 0.15) is 12.8 Å². The minimum Gasteiger partial charge on any atom is -0.329 e. The molecule has 16 heavy (non-hydrogen) atoms. The van der Waals surface area contributed by atoms with Gasteiger partial charge in [0.15, 0.2) is 0 Å². The lowest BCUT2D eigenvalue weighted by molar-refractivity contribution is -0.150. The van der Waals surface area contributed by atoms with E-state index in [1.54, 1.807) is 0 Å². The zero-order chi connectivity index (χ0) is 11.8. The molecule has 2 aliphatic rings. The van der Waals surface area contributed by atoms with Crippen molar-refractivity contribution in [3.8, 4) is 0 Å². The summed E-state index contributed by atoms with van der Waals surface area (Å²) in [7, 11) is 0. The number of nitrogens with two attached hydrogens (primary N) is 1. The third kappa shape index (κ3) is 2.67. The number of hydrogen-bond acceptors (Lipinski definition) is 3. The van der Waals surface area contributed by atoms with E-state index >= 15 is 0 Å². The fraction of sp³-hybridized carbons (Fsp3) is 1.00. The van der Waals surface area contributed by atoms with Crippen LogP contribution in [0, 0.1) is 0 Å². The van der Waals surface area contributed by atoms with Crippen LogP contribution in [0.5, 0.6) is 0 Å². The van der Waals surface area contributed by atoms with Crippen molar-refractivity contribution in [1.29, 1.82) is 0 Å². The van der Waals surface area contributed by atoms with Crippen LogP contribution in [-0.4, -0.2) is 60.8 Å². The smallest absolute Gasteiger partial charge is 0.329 e. The van der Waals surface area contributed by atoms with Crippen LogP contribution < -0.4 is 5.73 Å². The van der Waals surface area contributed by atoms with E-state index in [2.05, 4.69) is 4.90 Å². The van der Waals surface area contributed by atoms with Gasteiger partial charge in [0, 0.05) is 38.3 Å². The number of halogens is 3. The average Bonchev–Trinajstić information content (AvgIpc) is 2.97. The Morgan fingerprint density at radius 1 is 1.06 bits per heavy atom. The average molecular weight is 237 g/mol. The van der Waals surface area contributed by atoms with Gasteiger partial charge in [-0.25, -0.2) is 0 Å². The molecule has 1 aliphatic heterocycles. The molecule has 2 fully saturated rings. The van der Waals surface area contributed by atoms with E-state index in [1.165, 1.54) is 4.90 Å². The fourth-order valence-corrected chi connectivity index (χ4v) is 2.43. The van der Waals surface area contributed by atoms with Gasteiger partial charge in [-0.3, -0.25) is 9.80 Å². The van der Waals surface area contributed by atoms with E-state index in [1.807, 2.05) is 0 Å². The maximum Gasteiger partial charge on any atom is 0.401 e. The maximum absolute atomic E-state index is 12.2. The first kappa shape index (κ1) is 12.1. The Morgan fingerprint density at radius 2 is 1.62 bits per heavy atom. The van der Waals surface area contributed by atoms with Gasteiger partial charge in [0.1, 0.15) is 0 Å². The Labute approximate surface area is 93.4 Å². The van der Waals surface area contributed by atoms with E-state index in [-0.39, 0.29) is 5.54 Å². The zero-order valence-corrected chi connectivity index (χ0v) is 9.26. The summed E-state index contributed by atoms with van der Waals surface area (Å²) < 4.78 is 36.5. The predicted octanol–water partition coefficient (Wildman–Crippen LogP) is 0.658. The molecule has 6 heteroatoms. The van der Waals surface area contributed by atoms with E-state index in [0.29, 0.717) is 32.7 Å². The molecule has 94 valence electrons. The molecular weight excluding hydrogens is 219 g/mol. The van der Waals surface area contributed by atoms with Crippen molar-refractivity contribution in [2.24, 2.45) is 5.73 Å². The molecule has 1 aliphatic carbocycles. The first-order valence-electron chi connectivity index (χ1n) is 5.69. The molecular formula is C10H18F3N3. The van der Waals surface area contributed by atoms with Crippen LogP contribution in [-0.2, 0) is 0 Å². The molecule has 0 aromatic rings. The third-order valence-electron chi connectivity index (χ3n) is 3.65. The Balaban J connectivity index is 1.79. The molecule has 1 heterocycles. The molecule has 3 nitrogen and oxygen atoms in total. The summed E-state index contributed by atoms with van der Waals surface area (Å²) in [5, 5.41) is 0. The highest BCUT2D eigenvalue weighted by atomic mass is 19.4. The largest absolute Gasteiger partial charge is 0.401 e. The quantitative estimate of drug-likeness (QED) is 0.782. The summed E-state index contributed by atoms with van der Waals surface area (Å²) in [5.74, 6) is 0. The summed E-state index contributed by atoms with van der Waals surface area (Å²) in [5.41, 5.74) is 5.83. The van der Waals surface area contributed by atoms with Gasteiger partial charge < -0.3 is 5.73 Å². The van der Waals surface area contributed by atoms with Gasteiger partial charge in [-0.1, -0.05) is 0 Å². The molecule has 0 amide bonds. The Hall–Kier alpha value is -0.330. The van der Waals surface area contributed by atoms with Crippen LogP contribution >= 0.6 is 0 Å². The number of nitrogens with zero attached hydrogens (tertiary/aromatic N) is 2. The van der Waals surface area contributed by atoms with Crippen molar-refractivity contribution in [2.75, 3.05) is 39.3 Å². The van der Waals surface area contributed by atoms with Gasteiger partial charge in [0.2, 0.25) is 0 Å². The van der Waals surface area contributed by atoms with Crippen molar-refractivity contribution < 1.29 is 13.2 Å². The molecule has 0 aromatic carbocycles. The number of rotatable bonds is 3. The maximum atomic E-state index is 12.2. The molecule has 0 aromatic heterocycles. The zero-order valence-electron chi connectivity index (χ0n) is 9.26. The second-order valence-corrected chi connectivity index (χ2v) is 4.81. The molecule has 0 atom stereocenters. The lowest BCUT2D eigenvalue weighted by atomic mass is 10.2. The van der Waals surface area contributed by atoms with E-state index in [0.717, 1.165) is 12.8 Å². The van der Waals surface area contributed by atoms with E-state index in [4.69, 9.17) is 5.73 Å². The molecule has 1 saturated heterocycles. The fourth-order valence-electron chi connectivity index (χ4n) is 2.43. The lowest BCUT2D eigenvalue weighted by Gasteiger charge is -2.39. The van der Waals surface area contributed by atoms with Gasteiger partial charge in [-0.2, -0.15) is 13.2 Å². The first-order valence-corrected chi connectivity index (χ1v) is 5.69. The monoisotopic (exact) mass is 237 g/mol. The molecule has 2 N–H and O–H groups in total. The van der Waals surface area contributed by atoms with Crippen molar-refractivity contribution in [2.45, 2.75) is 24.6 Å². The summed E-state index contributed by atoms with van der Waals surface area (Å²) in [6.45, 7) is 2.28. The number of piperazine rings is 1. The highest BCUT2D eigenvalue weighted by Crippen LogP contribution is 2.41. The summed E-state index contributed by atoms with van der Waals surface area (Å²) in [4.78, 5) is 3.74. The van der Waals surface area contributed by atoms with Gasteiger partial charge >= 0.3 is 6.18 Å². The topological polar surface area (TPSA) is 32.5 Å². The molecule has 1 saturated carbocycles. The first-order chi connectivity index (χ1) is 7.45. The summed E-state index contributed by atoms with van der Waals surface area (Å²) in [6.07, 6.45) is -1.88. The molecule has 0 spiro atoms. The predicted molar refractivity (Wildman–Crippen MR) is 55.1 cm³/mol. The minimum absolute atomic E-state index is 0.129. The van der Waals surface area contributed by atoms with Gasteiger partial charge in [0.05, 0.1) is 6.54 Å². The lowest BCUT2D eigenvalue weighted by Crippen LogP contribution is -2.55. The molecule has 0 bridgehead atoms. The van der Waals surface area contributed by atoms with Gasteiger partial charge in [-0.05, 0) is 12.8 Å². The van der Waals surface area contributed by atoms with Gasteiger partial charge in [-0.15, -0.1) is 0 Å². The SMILES string of the molecule is NCC1(N2CCN(CC(F)(F)F)CC2)CC1. The second-order valence-electron chi connectivity index (χ2n) is 4.81. The highest BCUT2D eigenvalue weighted by Gasteiger charge is 2.47. The normalized spacial score (nSPS) is 27.0. The second kappa shape index (κ2) is 4.16. The molecule has 0 unspecified atom stereocenters. The van der Waals surface area contributed by atoms with Crippen molar-refractivity contribution >= 4 is 0 Å². The number of alkyl halides is 3. The third-order valence-corrected chi connectivity index (χ3v) is 3.65. The van der Waals surface area contributed by atoms with Crippen molar-refractivity contribution in [3.63, 3.8) is 0 Å². The van der Waals surface area contributed by atoms with E-state index in [9.17, 15) is 13.2 Å². The van der Waals surface area contributed by atoms with Gasteiger partial charge in [0.25, 0.3) is 0 Å². The van der Waals surface area contributed by atoms with Crippen LogP contribution in [0.2, 0.25) is 0 Å². The van der Waals surface area contributed by atoms with Crippen LogP contribution in [0.4, 0.5) is 13.2 Å². The molecule has 2 rings (SSSR count). The van der Waals surface area contributed by atoms with Crippen molar-refractivity contribution in [3.05, 3.63) is 0 Å². The Kier molecular flexibility index (Phi) is 3.16. The summed E-state index contributed by atoms with van der Waals surface area (Å²) >= 11 is 0. The standard InChI is InChI=1S/C10H18F3N3/c11-10(12,13)8-15-3-5-16(6-4-15)9(7-14)1-2-9/h1-8,14H2. The molecule has 0 radical (unpaired) electrons. The van der Waals surface area contributed by atoms with Crippen LogP contribution in [0.25, 0.3) is 0 Å². The van der Waals surface area contributed by atoms with Crippen molar-refractivity contribution in [1.82, 2.24) is 9.80 Å². The minimum atomic E-state index is -4.08. The van der Waals surface area contributed by atoms with E-state index < -0.39 is 12.7 Å². The number of hydrogen-bond donors (Lipinski definition) is 1. The Bertz CT molecular complexity index is 242. The van der Waals surface area contributed by atoms with Crippen LogP contribution in [0.15, 0.2) is 0 Å². The summed E-state index contributed by atoms with van der Waals surface area (Å²) in [6, 6.07) is 0. The Morgan fingerprint density at radius 3 is 2.00 bits per heavy atom.